The number of carboxylic acid groups (broad SMARTS) is 1. The SMILES string of the molecule is C/C(OC(=O)CCC(=O)O)=C1/CCC2C3C[C@H](C)C4=CC(=O)C=C[C@]4(C)C3[C@@H](O)C[C@]12C. The Balaban J connectivity index is 1.63. The van der Waals surface area contributed by atoms with Crippen LogP contribution in [0.1, 0.15) is 66.2 Å². The van der Waals surface area contributed by atoms with Gasteiger partial charge in [-0.25, -0.2) is 0 Å². The lowest BCUT2D eigenvalue weighted by Gasteiger charge is -2.59. The summed E-state index contributed by atoms with van der Waals surface area (Å²) in [5, 5.41) is 20.3. The number of ether oxygens (including phenoxy) is 1. The Hall–Kier alpha value is -2.21. The van der Waals surface area contributed by atoms with Crippen molar-refractivity contribution < 1.29 is 29.3 Å². The number of hydrogen-bond acceptors (Lipinski definition) is 5. The van der Waals surface area contributed by atoms with Crippen molar-refractivity contribution in [3.05, 3.63) is 35.1 Å². The zero-order chi connectivity index (χ0) is 23.4. The van der Waals surface area contributed by atoms with Gasteiger partial charge in [0.25, 0.3) is 0 Å². The second-order valence-corrected chi connectivity index (χ2v) is 10.7. The normalized spacial score (nSPS) is 41.8. The van der Waals surface area contributed by atoms with Gasteiger partial charge >= 0.3 is 11.9 Å². The van der Waals surface area contributed by atoms with Crippen LogP contribution in [0.5, 0.6) is 0 Å². The van der Waals surface area contributed by atoms with Crippen LogP contribution in [-0.4, -0.2) is 34.0 Å². The zero-order valence-corrected chi connectivity index (χ0v) is 19.4. The summed E-state index contributed by atoms with van der Waals surface area (Å²) in [4.78, 5) is 34.9. The summed E-state index contributed by atoms with van der Waals surface area (Å²) >= 11 is 0. The Morgan fingerprint density at radius 1 is 1.25 bits per heavy atom. The molecule has 32 heavy (non-hydrogen) atoms. The van der Waals surface area contributed by atoms with Gasteiger partial charge in [0.15, 0.2) is 5.78 Å². The topological polar surface area (TPSA) is 101 Å². The molecular formula is C26H34O6. The van der Waals surface area contributed by atoms with Gasteiger partial charge in [0.1, 0.15) is 5.76 Å². The van der Waals surface area contributed by atoms with Crippen LogP contribution in [0.2, 0.25) is 0 Å². The highest BCUT2D eigenvalue weighted by Gasteiger charge is 2.61. The third-order valence-corrected chi connectivity index (χ3v) is 8.84. The number of carbonyl (C=O) groups excluding carboxylic acids is 2. The second-order valence-electron chi connectivity index (χ2n) is 10.7. The molecule has 2 N–H and O–H groups in total. The van der Waals surface area contributed by atoms with Crippen LogP contribution in [0, 0.1) is 34.5 Å². The predicted molar refractivity (Wildman–Crippen MR) is 118 cm³/mol. The van der Waals surface area contributed by atoms with Gasteiger partial charge in [0, 0.05) is 11.3 Å². The molecule has 3 unspecified atom stereocenters. The second kappa shape index (κ2) is 7.98. The molecule has 0 aromatic heterocycles. The summed E-state index contributed by atoms with van der Waals surface area (Å²) in [6, 6.07) is 0. The van der Waals surface area contributed by atoms with Gasteiger partial charge in [0.05, 0.1) is 18.9 Å². The van der Waals surface area contributed by atoms with Gasteiger partial charge in [0.2, 0.25) is 0 Å². The van der Waals surface area contributed by atoms with Crippen molar-refractivity contribution in [1.29, 1.82) is 0 Å². The smallest absolute Gasteiger partial charge is 0.311 e. The molecule has 4 aliphatic rings. The van der Waals surface area contributed by atoms with Gasteiger partial charge in [-0.3, -0.25) is 14.4 Å². The van der Waals surface area contributed by atoms with E-state index >= 15 is 0 Å². The summed E-state index contributed by atoms with van der Waals surface area (Å²) in [5.41, 5.74) is 1.65. The number of hydrogen-bond donors (Lipinski definition) is 2. The van der Waals surface area contributed by atoms with Gasteiger partial charge < -0.3 is 14.9 Å². The van der Waals surface area contributed by atoms with E-state index in [0.717, 1.165) is 30.4 Å². The van der Waals surface area contributed by atoms with Gasteiger partial charge in [-0.1, -0.05) is 32.4 Å². The van der Waals surface area contributed by atoms with Crippen molar-refractivity contribution in [2.45, 2.75) is 72.3 Å². The lowest BCUT2D eigenvalue weighted by molar-refractivity contribution is -0.145. The highest BCUT2D eigenvalue weighted by atomic mass is 16.5. The Morgan fingerprint density at radius 2 is 1.97 bits per heavy atom. The number of carboxylic acids is 1. The number of carbonyl (C=O) groups is 3. The highest BCUT2D eigenvalue weighted by molar-refractivity contribution is 6.01. The van der Waals surface area contributed by atoms with E-state index < -0.39 is 18.0 Å². The Labute approximate surface area is 189 Å². The third-order valence-electron chi connectivity index (χ3n) is 8.84. The Morgan fingerprint density at radius 3 is 2.66 bits per heavy atom. The average Bonchev–Trinajstić information content (AvgIpc) is 3.04. The number of allylic oxidation sites excluding steroid dienone is 6. The van der Waals surface area contributed by atoms with Crippen LogP contribution in [-0.2, 0) is 19.1 Å². The molecule has 4 rings (SSSR count). The molecule has 174 valence electrons. The van der Waals surface area contributed by atoms with Crippen LogP contribution in [0.15, 0.2) is 35.1 Å². The van der Waals surface area contributed by atoms with Crippen LogP contribution in [0.25, 0.3) is 0 Å². The van der Waals surface area contributed by atoms with Crippen molar-refractivity contribution in [3.8, 4) is 0 Å². The van der Waals surface area contributed by atoms with Gasteiger partial charge in [-0.05, 0) is 73.5 Å². The molecule has 0 aliphatic heterocycles. The first-order valence-electron chi connectivity index (χ1n) is 11.7. The minimum atomic E-state index is -1.02. The van der Waals surface area contributed by atoms with Crippen molar-refractivity contribution in [2.75, 3.05) is 0 Å². The maximum Gasteiger partial charge on any atom is 0.311 e. The molecule has 0 aromatic rings. The van der Waals surface area contributed by atoms with E-state index in [1.165, 1.54) is 0 Å². The van der Waals surface area contributed by atoms with Crippen LogP contribution in [0.3, 0.4) is 0 Å². The number of aliphatic hydroxyl groups is 1. The molecule has 0 saturated heterocycles. The van der Waals surface area contributed by atoms with Crippen molar-refractivity contribution in [2.24, 2.45) is 34.5 Å². The first kappa shape index (κ1) is 23.0. The van der Waals surface area contributed by atoms with E-state index in [0.29, 0.717) is 24.0 Å². The minimum absolute atomic E-state index is 0.0318. The standard InChI is InChI=1S/C26H34O6/c1-14-11-17-19-6-5-18(15(2)32-23(31)8-7-22(29)30)26(19,4)13-21(28)24(17)25(3)10-9-16(27)12-20(14)25/h9-10,12,14,17,19,21,24,28H,5-8,11,13H2,1-4H3,(H,29,30)/b18-15+/t14-,17?,19?,21-,24?,25-,26+/m0/s1. The maximum atomic E-state index is 12.1. The molecule has 0 spiro atoms. The van der Waals surface area contributed by atoms with Gasteiger partial charge in [-0.2, -0.15) is 0 Å². The highest BCUT2D eigenvalue weighted by Crippen LogP contribution is 2.67. The molecule has 0 amide bonds. The largest absolute Gasteiger partial charge is 0.481 e. The average molecular weight is 443 g/mol. The number of aliphatic hydroxyl groups excluding tert-OH is 1. The minimum Gasteiger partial charge on any atom is -0.481 e. The van der Waals surface area contributed by atoms with Crippen molar-refractivity contribution in [3.63, 3.8) is 0 Å². The molecule has 0 bridgehead atoms. The van der Waals surface area contributed by atoms with Crippen LogP contribution >= 0.6 is 0 Å². The monoisotopic (exact) mass is 442 g/mol. The number of esters is 1. The summed E-state index contributed by atoms with van der Waals surface area (Å²) in [6.07, 6.45) is 7.87. The van der Waals surface area contributed by atoms with Crippen LogP contribution in [0.4, 0.5) is 0 Å². The number of rotatable bonds is 4. The molecule has 0 radical (unpaired) electrons. The molecule has 0 heterocycles. The van der Waals surface area contributed by atoms with E-state index in [1.807, 2.05) is 6.08 Å². The predicted octanol–water partition coefficient (Wildman–Crippen LogP) is 4.19. The van der Waals surface area contributed by atoms with E-state index in [2.05, 4.69) is 20.8 Å². The van der Waals surface area contributed by atoms with E-state index in [9.17, 15) is 19.5 Å². The molecule has 4 aliphatic carbocycles. The summed E-state index contributed by atoms with van der Waals surface area (Å²) in [5.74, 6) is 0.0619. The van der Waals surface area contributed by atoms with E-state index in [4.69, 9.17) is 9.84 Å². The fourth-order valence-corrected chi connectivity index (χ4v) is 7.63. The fourth-order valence-electron chi connectivity index (χ4n) is 7.63. The van der Waals surface area contributed by atoms with Crippen LogP contribution < -0.4 is 0 Å². The number of fused-ring (bicyclic) bond motifs is 5. The number of ketones is 1. The molecule has 3 saturated carbocycles. The zero-order valence-electron chi connectivity index (χ0n) is 19.4. The first-order valence-corrected chi connectivity index (χ1v) is 11.7. The summed E-state index contributed by atoms with van der Waals surface area (Å²) in [6.45, 7) is 8.34. The quantitative estimate of drug-likeness (QED) is 0.500. The first-order chi connectivity index (χ1) is 15.0. The van der Waals surface area contributed by atoms with E-state index in [1.54, 1.807) is 19.1 Å². The lowest BCUT2D eigenvalue weighted by Crippen LogP contribution is -2.56. The molecular weight excluding hydrogens is 408 g/mol. The molecule has 3 fully saturated rings. The van der Waals surface area contributed by atoms with Crippen molar-refractivity contribution in [1.82, 2.24) is 0 Å². The molecule has 6 nitrogen and oxygen atoms in total. The number of aliphatic carboxylic acids is 1. The van der Waals surface area contributed by atoms with E-state index in [-0.39, 0.29) is 41.3 Å². The van der Waals surface area contributed by atoms with Gasteiger partial charge in [-0.15, -0.1) is 0 Å². The molecule has 6 heteroatoms. The maximum absolute atomic E-state index is 12.1. The molecule has 7 atom stereocenters. The summed E-state index contributed by atoms with van der Waals surface area (Å²) in [7, 11) is 0. The Kier molecular flexibility index (Phi) is 5.73. The molecule has 0 aromatic carbocycles. The lowest BCUT2D eigenvalue weighted by atomic mass is 9.45. The fraction of sp³-hybridized carbons (Fsp3) is 0.654. The Bertz CT molecular complexity index is 942. The van der Waals surface area contributed by atoms with Crippen molar-refractivity contribution >= 4 is 17.7 Å². The third kappa shape index (κ3) is 3.57. The summed E-state index contributed by atoms with van der Waals surface area (Å²) < 4.78 is 5.55.